The van der Waals surface area contributed by atoms with E-state index in [0.717, 1.165) is 9.36 Å². The number of aromatic nitrogens is 13. The monoisotopic (exact) mass is 679 g/mol. The standard InChI is InChI=1S/C29H21N21O/c1-15-21(41-43-25-17(12-30)13-36-47(25)19-8-4-6-10-34-19)23(31)49(45-15)27-38-28(40-29(51)39-27)50-24(32)22(16(2)46-50)42-44-26-18(33-3)14-37-48(26)20-9-5-7-11-35-20/h4-11,13-14H,31-32H2,1-2H3,(H,38,39,40,51). The summed E-state index contributed by atoms with van der Waals surface area (Å²) >= 11 is 0. The topological polar surface area (TPSA) is 285 Å². The van der Waals surface area contributed by atoms with Crippen molar-refractivity contribution < 1.29 is 0 Å². The van der Waals surface area contributed by atoms with Gasteiger partial charge in [0.15, 0.2) is 46.3 Å². The van der Waals surface area contributed by atoms with E-state index in [1.165, 1.54) is 21.8 Å². The van der Waals surface area contributed by atoms with Gasteiger partial charge in [0, 0.05) is 12.4 Å². The van der Waals surface area contributed by atoms with E-state index in [1.54, 1.807) is 62.6 Å². The molecular formula is C29H21N21O. The van der Waals surface area contributed by atoms with Crippen molar-refractivity contribution in [2.24, 2.45) is 20.5 Å². The van der Waals surface area contributed by atoms with Gasteiger partial charge in [-0.05, 0) is 38.1 Å². The average Bonchev–Trinajstić information content (AvgIpc) is 3.90. The maximum absolute atomic E-state index is 12.8. The van der Waals surface area contributed by atoms with Crippen LogP contribution < -0.4 is 17.2 Å². The number of nitrogens with one attached hydrogen (secondary N) is 1. The van der Waals surface area contributed by atoms with Crippen LogP contribution >= 0.6 is 0 Å². The highest BCUT2D eigenvalue weighted by Crippen LogP contribution is 2.35. The van der Waals surface area contributed by atoms with Gasteiger partial charge in [-0.25, -0.2) is 24.3 Å². The normalized spacial score (nSPS) is 11.4. The van der Waals surface area contributed by atoms with E-state index >= 15 is 0 Å². The maximum Gasteiger partial charge on any atom is 0.351 e. The molecule has 5 N–H and O–H groups in total. The molecule has 0 spiro atoms. The fourth-order valence-electron chi connectivity index (χ4n) is 4.70. The van der Waals surface area contributed by atoms with Gasteiger partial charge in [0.2, 0.25) is 5.95 Å². The molecule has 0 aliphatic carbocycles. The number of azo groups is 2. The number of H-pyrrole nitrogens is 1. The van der Waals surface area contributed by atoms with Crippen LogP contribution in [-0.4, -0.2) is 64.0 Å². The number of hydrogen-bond donors (Lipinski definition) is 3. The van der Waals surface area contributed by atoms with Crippen LogP contribution in [0.1, 0.15) is 17.0 Å². The van der Waals surface area contributed by atoms with Crippen LogP contribution in [0.2, 0.25) is 0 Å². The second-order valence-corrected chi connectivity index (χ2v) is 10.3. The molecule has 248 valence electrons. The smallest absolute Gasteiger partial charge is 0.351 e. The van der Waals surface area contributed by atoms with Crippen molar-refractivity contribution in [1.82, 2.24) is 64.0 Å². The molecule has 0 bridgehead atoms. The van der Waals surface area contributed by atoms with E-state index in [1.807, 2.05) is 6.07 Å². The Bertz CT molecular complexity index is 2450. The Morgan fingerprint density at radius 1 is 0.804 bits per heavy atom. The summed E-state index contributed by atoms with van der Waals surface area (Å²) in [5.74, 6) is 0.603. The first-order valence-corrected chi connectivity index (χ1v) is 14.6. The zero-order chi connectivity index (χ0) is 35.6. The summed E-state index contributed by atoms with van der Waals surface area (Å²) in [5, 5.41) is 43.7. The number of nitrogens with zero attached hydrogens (tertiary/aromatic N) is 18. The van der Waals surface area contributed by atoms with Gasteiger partial charge in [-0.1, -0.05) is 12.1 Å². The Morgan fingerprint density at radius 3 is 2.00 bits per heavy atom. The highest BCUT2D eigenvalue weighted by molar-refractivity contribution is 5.66. The van der Waals surface area contributed by atoms with E-state index in [9.17, 15) is 10.1 Å². The molecule has 0 aliphatic heterocycles. The van der Waals surface area contributed by atoms with Gasteiger partial charge in [-0.15, -0.1) is 20.5 Å². The lowest BCUT2D eigenvalue weighted by Gasteiger charge is -2.06. The van der Waals surface area contributed by atoms with Gasteiger partial charge < -0.3 is 11.5 Å². The molecular weight excluding hydrogens is 658 g/mol. The van der Waals surface area contributed by atoms with Crippen LogP contribution in [-0.2, 0) is 0 Å². The number of nitrogen functional groups attached to an aromatic ring is 2. The lowest BCUT2D eigenvalue weighted by Crippen LogP contribution is -2.22. The number of nitrogens with two attached hydrogens (primary N) is 2. The molecule has 0 fully saturated rings. The zero-order valence-corrected chi connectivity index (χ0v) is 26.4. The average molecular weight is 680 g/mol. The number of aromatic amines is 1. The molecule has 0 atom stereocenters. The van der Waals surface area contributed by atoms with E-state index in [-0.39, 0.29) is 57.8 Å². The summed E-state index contributed by atoms with van der Waals surface area (Å²) < 4.78 is 4.95. The van der Waals surface area contributed by atoms with Gasteiger partial charge in [0.1, 0.15) is 11.6 Å². The Labute approximate surface area is 284 Å². The summed E-state index contributed by atoms with van der Waals surface area (Å²) in [4.78, 5) is 35.5. The fraction of sp³-hybridized carbons (Fsp3) is 0.0690. The maximum atomic E-state index is 12.8. The van der Waals surface area contributed by atoms with Crippen LogP contribution in [0.5, 0.6) is 0 Å². The minimum atomic E-state index is -0.819. The van der Waals surface area contributed by atoms with Gasteiger partial charge in [-0.2, -0.15) is 49.7 Å². The molecule has 7 heterocycles. The van der Waals surface area contributed by atoms with E-state index in [4.69, 9.17) is 18.0 Å². The van der Waals surface area contributed by atoms with E-state index < -0.39 is 5.69 Å². The van der Waals surface area contributed by atoms with Gasteiger partial charge in [0.05, 0.1) is 30.4 Å². The van der Waals surface area contributed by atoms with Crippen LogP contribution in [0.4, 0.5) is 40.3 Å². The second kappa shape index (κ2) is 12.7. The van der Waals surface area contributed by atoms with Gasteiger partial charge >= 0.3 is 5.69 Å². The Balaban J connectivity index is 1.23. The summed E-state index contributed by atoms with van der Waals surface area (Å²) in [5.41, 5.74) is 13.2. The van der Waals surface area contributed by atoms with Crippen LogP contribution in [0.3, 0.4) is 0 Å². The minimum Gasteiger partial charge on any atom is -0.382 e. The van der Waals surface area contributed by atoms with Crippen LogP contribution in [0.15, 0.2) is 86.4 Å². The summed E-state index contributed by atoms with van der Waals surface area (Å²) in [6.07, 6.45) is 5.83. The first kappa shape index (κ1) is 31.3. The summed E-state index contributed by atoms with van der Waals surface area (Å²) in [6, 6.07) is 12.4. The van der Waals surface area contributed by atoms with Crippen molar-refractivity contribution in [3.05, 3.63) is 100 Å². The molecule has 7 aromatic rings. The molecule has 22 nitrogen and oxygen atoms in total. The van der Waals surface area contributed by atoms with Crippen molar-refractivity contribution >= 4 is 40.3 Å². The number of hydrogen-bond acceptors (Lipinski definition) is 16. The lowest BCUT2D eigenvalue weighted by molar-refractivity contribution is 0.732. The van der Waals surface area contributed by atoms with Crippen molar-refractivity contribution in [3.8, 4) is 29.6 Å². The molecule has 51 heavy (non-hydrogen) atoms. The number of nitriles is 1. The van der Waals surface area contributed by atoms with Gasteiger partial charge in [-0.3, -0.25) is 4.98 Å². The highest BCUT2D eigenvalue weighted by Gasteiger charge is 2.22. The molecule has 0 aromatic carbocycles. The predicted octanol–water partition coefficient (Wildman–Crippen LogP) is 3.73. The molecule has 0 unspecified atom stereocenters. The largest absolute Gasteiger partial charge is 0.382 e. The molecule has 0 amide bonds. The number of pyridine rings is 2. The summed E-state index contributed by atoms with van der Waals surface area (Å²) in [7, 11) is 0. The predicted molar refractivity (Wildman–Crippen MR) is 177 cm³/mol. The van der Waals surface area contributed by atoms with Gasteiger partial charge in [0.25, 0.3) is 11.6 Å². The van der Waals surface area contributed by atoms with Crippen molar-refractivity contribution in [3.63, 3.8) is 0 Å². The van der Waals surface area contributed by atoms with Crippen molar-refractivity contribution in [2.45, 2.75) is 13.8 Å². The quantitative estimate of drug-likeness (QED) is 0.153. The molecule has 7 rings (SSSR count). The fourth-order valence-corrected chi connectivity index (χ4v) is 4.70. The third-order valence-electron chi connectivity index (χ3n) is 7.08. The lowest BCUT2D eigenvalue weighted by atomic mass is 10.3. The third kappa shape index (κ3) is 5.68. The molecule has 22 heteroatoms. The third-order valence-corrected chi connectivity index (χ3v) is 7.08. The molecule has 7 aromatic heterocycles. The molecule has 0 radical (unpaired) electrons. The summed E-state index contributed by atoms with van der Waals surface area (Å²) in [6.45, 7) is 10.7. The number of aryl methyl sites for hydroxylation is 2. The number of rotatable bonds is 8. The van der Waals surface area contributed by atoms with Crippen LogP contribution in [0, 0.1) is 31.8 Å². The Hall–Kier alpha value is -8.27. The first-order chi connectivity index (χ1) is 24.8. The number of anilines is 2. The zero-order valence-electron chi connectivity index (χ0n) is 26.4. The molecule has 0 aliphatic rings. The highest BCUT2D eigenvalue weighted by atomic mass is 16.1. The molecule has 0 saturated heterocycles. The Kier molecular flexibility index (Phi) is 7.82. The van der Waals surface area contributed by atoms with E-state index in [0.29, 0.717) is 23.0 Å². The first-order valence-electron chi connectivity index (χ1n) is 14.6. The Morgan fingerprint density at radius 2 is 1.39 bits per heavy atom. The van der Waals surface area contributed by atoms with E-state index in [2.05, 4.69) is 70.6 Å². The minimum absolute atomic E-state index is 0.0433. The van der Waals surface area contributed by atoms with Crippen molar-refractivity contribution in [1.29, 1.82) is 5.26 Å². The van der Waals surface area contributed by atoms with Crippen molar-refractivity contribution in [2.75, 3.05) is 11.5 Å². The second-order valence-electron chi connectivity index (χ2n) is 10.3. The van der Waals surface area contributed by atoms with Crippen LogP contribution in [0.25, 0.3) is 28.4 Å². The SMILES string of the molecule is [C-]#[N+]c1cnn(-c2ccccn2)c1N=Nc1c(C)nn(-c2nc(-n3nc(C)c(N=Nc4c(C#N)cnn4-c4ccccn4)c3N)[nH]c(=O)n2)c1N. The molecule has 0 saturated carbocycles.